The summed E-state index contributed by atoms with van der Waals surface area (Å²) in [6.45, 7) is 0.252. The van der Waals surface area contributed by atoms with E-state index in [1.807, 2.05) is 0 Å². The third-order valence-corrected chi connectivity index (χ3v) is 1.83. The molecule has 0 aliphatic carbocycles. The van der Waals surface area contributed by atoms with E-state index in [0.29, 0.717) is 0 Å². The highest BCUT2D eigenvalue weighted by Crippen LogP contribution is 2.10. The lowest BCUT2D eigenvalue weighted by atomic mass is 10.1. The molecule has 0 unspecified atom stereocenters. The second kappa shape index (κ2) is 4.81. The van der Waals surface area contributed by atoms with Crippen molar-refractivity contribution in [3.05, 3.63) is 35.4 Å². The molecule has 0 aromatic heterocycles. The highest BCUT2D eigenvalue weighted by atomic mass is 19.1. The van der Waals surface area contributed by atoms with Crippen molar-refractivity contribution in [2.24, 2.45) is 5.73 Å². The molecule has 0 atom stereocenters. The maximum Gasteiger partial charge on any atom is 0.138 e. The normalized spacial score (nSPS) is 10.2. The first-order chi connectivity index (χ1) is 6.63. The number of hydrogen-bond donors (Lipinski definition) is 1. The molecule has 0 saturated carbocycles. The van der Waals surface area contributed by atoms with Gasteiger partial charge in [0.2, 0.25) is 0 Å². The number of benzene rings is 1. The molecule has 76 valence electrons. The number of ketones is 1. The fourth-order valence-corrected chi connectivity index (χ4v) is 1.13. The van der Waals surface area contributed by atoms with Crippen LogP contribution in [-0.2, 0) is 11.2 Å². The van der Waals surface area contributed by atoms with E-state index in [1.54, 1.807) is 0 Å². The number of hydrogen-bond acceptors (Lipinski definition) is 2. The van der Waals surface area contributed by atoms with Gasteiger partial charge < -0.3 is 5.73 Å². The van der Waals surface area contributed by atoms with Crippen molar-refractivity contribution in [1.29, 1.82) is 0 Å². The Morgan fingerprint density at radius 3 is 2.64 bits per heavy atom. The Morgan fingerprint density at radius 2 is 2.07 bits per heavy atom. The third kappa shape index (κ3) is 2.88. The van der Waals surface area contributed by atoms with Crippen LogP contribution in [0.25, 0.3) is 0 Å². The van der Waals surface area contributed by atoms with Crippen molar-refractivity contribution in [3.8, 4) is 0 Å². The summed E-state index contributed by atoms with van der Waals surface area (Å²) in [6, 6.07) is 3.18. The Morgan fingerprint density at radius 1 is 1.36 bits per heavy atom. The predicted molar refractivity (Wildman–Crippen MR) is 48.7 cm³/mol. The zero-order valence-electron chi connectivity index (χ0n) is 7.59. The molecule has 14 heavy (non-hydrogen) atoms. The lowest BCUT2D eigenvalue weighted by molar-refractivity contribution is -0.118. The summed E-state index contributed by atoms with van der Waals surface area (Å²) in [6.07, 6.45) is 0.195. The van der Waals surface area contributed by atoms with Gasteiger partial charge in [0.05, 0.1) is 0 Å². The molecule has 4 heteroatoms. The minimum atomic E-state index is -0.685. The van der Waals surface area contributed by atoms with Gasteiger partial charge in [-0.1, -0.05) is 6.07 Å². The van der Waals surface area contributed by atoms with Crippen LogP contribution in [0.2, 0.25) is 0 Å². The van der Waals surface area contributed by atoms with Crippen LogP contribution in [0.15, 0.2) is 18.2 Å². The van der Waals surface area contributed by atoms with E-state index >= 15 is 0 Å². The van der Waals surface area contributed by atoms with Crippen molar-refractivity contribution in [1.82, 2.24) is 0 Å². The van der Waals surface area contributed by atoms with Crippen LogP contribution in [0.4, 0.5) is 8.78 Å². The van der Waals surface area contributed by atoms with E-state index in [9.17, 15) is 13.6 Å². The summed E-state index contributed by atoms with van der Waals surface area (Å²) in [5.74, 6) is -1.47. The third-order valence-electron chi connectivity index (χ3n) is 1.83. The second-order valence-corrected chi connectivity index (χ2v) is 2.99. The first-order valence-electron chi connectivity index (χ1n) is 4.29. The van der Waals surface area contributed by atoms with Gasteiger partial charge >= 0.3 is 0 Å². The Hall–Kier alpha value is -1.29. The fourth-order valence-electron chi connectivity index (χ4n) is 1.13. The van der Waals surface area contributed by atoms with Crippen molar-refractivity contribution in [2.45, 2.75) is 12.8 Å². The van der Waals surface area contributed by atoms with Crippen LogP contribution in [0.5, 0.6) is 0 Å². The first-order valence-corrected chi connectivity index (χ1v) is 4.29. The molecular formula is C10H11F2NO. The standard InChI is InChI=1S/C10H11F2NO/c11-8-2-1-7(10(12)6-8)5-9(14)3-4-13/h1-2,6H,3-5,13H2. The minimum absolute atomic E-state index is 0.0245. The Balaban J connectivity index is 2.72. The highest BCUT2D eigenvalue weighted by molar-refractivity contribution is 5.81. The molecule has 0 aliphatic heterocycles. The van der Waals surface area contributed by atoms with Gasteiger partial charge in [0.1, 0.15) is 17.4 Å². The molecule has 0 spiro atoms. The van der Waals surface area contributed by atoms with Crippen LogP contribution in [0, 0.1) is 11.6 Å². The van der Waals surface area contributed by atoms with E-state index in [1.165, 1.54) is 6.07 Å². The van der Waals surface area contributed by atoms with Crippen molar-refractivity contribution >= 4 is 5.78 Å². The molecule has 0 fully saturated rings. The molecule has 0 amide bonds. The molecule has 0 aliphatic rings. The number of carbonyl (C=O) groups excluding carboxylic acids is 1. The van der Waals surface area contributed by atoms with Gasteiger partial charge in [0, 0.05) is 18.9 Å². The van der Waals surface area contributed by atoms with E-state index in [4.69, 9.17) is 5.73 Å². The second-order valence-electron chi connectivity index (χ2n) is 2.99. The number of rotatable bonds is 4. The molecule has 0 radical (unpaired) electrons. The van der Waals surface area contributed by atoms with Gasteiger partial charge in [-0.2, -0.15) is 0 Å². The number of halogens is 2. The molecule has 0 bridgehead atoms. The Bertz CT molecular complexity index is 339. The maximum absolute atomic E-state index is 13.0. The molecule has 2 nitrogen and oxygen atoms in total. The average molecular weight is 199 g/mol. The number of carbonyl (C=O) groups is 1. The molecule has 1 rings (SSSR count). The van der Waals surface area contributed by atoms with Crippen LogP contribution in [-0.4, -0.2) is 12.3 Å². The molecule has 1 aromatic carbocycles. The van der Waals surface area contributed by atoms with Crippen LogP contribution >= 0.6 is 0 Å². The summed E-state index contributed by atoms with van der Waals surface area (Å²) in [4.78, 5) is 11.1. The molecule has 1 aromatic rings. The van der Waals surface area contributed by atoms with Crippen LogP contribution in [0.3, 0.4) is 0 Å². The summed E-state index contributed by atoms with van der Waals surface area (Å²) < 4.78 is 25.5. The van der Waals surface area contributed by atoms with Gasteiger partial charge in [-0.25, -0.2) is 8.78 Å². The lowest BCUT2D eigenvalue weighted by Gasteiger charge is -2.01. The molecule has 0 saturated heterocycles. The summed E-state index contributed by atoms with van der Waals surface area (Å²) in [5.41, 5.74) is 5.38. The van der Waals surface area contributed by atoms with Gasteiger partial charge in [0.15, 0.2) is 0 Å². The fraction of sp³-hybridized carbons (Fsp3) is 0.300. The zero-order chi connectivity index (χ0) is 10.6. The van der Waals surface area contributed by atoms with Gasteiger partial charge in [-0.15, -0.1) is 0 Å². The lowest BCUT2D eigenvalue weighted by Crippen LogP contribution is -2.11. The summed E-state index contributed by atoms with van der Waals surface area (Å²) in [7, 11) is 0. The van der Waals surface area contributed by atoms with Crippen molar-refractivity contribution < 1.29 is 13.6 Å². The monoisotopic (exact) mass is 199 g/mol. The molecule has 2 N–H and O–H groups in total. The smallest absolute Gasteiger partial charge is 0.138 e. The largest absolute Gasteiger partial charge is 0.330 e. The number of Topliss-reactive ketones (excluding diaryl/α,β-unsaturated/α-hetero) is 1. The predicted octanol–water partition coefficient (Wildman–Crippen LogP) is 1.43. The van der Waals surface area contributed by atoms with E-state index < -0.39 is 11.6 Å². The van der Waals surface area contributed by atoms with E-state index in [2.05, 4.69) is 0 Å². The Labute approximate surface area is 80.7 Å². The Kier molecular flexibility index (Phi) is 3.71. The first kappa shape index (κ1) is 10.8. The molecule has 0 heterocycles. The van der Waals surface area contributed by atoms with Crippen molar-refractivity contribution in [3.63, 3.8) is 0 Å². The maximum atomic E-state index is 13.0. The van der Waals surface area contributed by atoms with Gasteiger partial charge in [0.25, 0.3) is 0 Å². The summed E-state index contributed by atoms with van der Waals surface area (Å²) >= 11 is 0. The van der Waals surface area contributed by atoms with E-state index in [0.717, 1.165) is 12.1 Å². The SMILES string of the molecule is NCCC(=O)Cc1ccc(F)cc1F. The average Bonchev–Trinajstić information content (AvgIpc) is 2.10. The van der Waals surface area contributed by atoms with Gasteiger partial charge in [-0.05, 0) is 18.2 Å². The highest BCUT2D eigenvalue weighted by Gasteiger charge is 2.08. The minimum Gasteiger partial charge on any atom is -0.330 e. The summed E-state index contributed by atoms with van der Waals surface area (Å²) in [5, 5.41) is 0. The number of nitrogens with two attached hydrogens (primary N) is 1. The van der Waals surface area contributed by atoms with Gasteiger partial charge in [-0.3, -0.25) is 4.79 Å². The quantitative estimate of drug-likeness (QED) is 0.797. The van der Waals surface area contributed by atoms with E-state index in [-0.39, 0.29) is 30.7 Å². The zero-order valence-corrected chi connectivity index (χ0v) is 7.59. The van der Waals surface area contributed by atoms with Crippen molar-refractivity contribution in [2.75, 3.05) is 6.54 Å². The van der Waals surface area contributed by atoms with Crippen LogP contribution in [0.1, 0.15) is 12.0 Å². The molecular weight excluding hydrogens is 188 g/mol. The van der Waals surface area contributed by atoms with Crippen LogP contribution < -0.4 is 5.73 Å². The topological polar surface area (TPSA) is 43.1 Å².